The van der Waals surface area contributed by atoms with Crippen LogP contribution >= 0.6 is 15.9 Å². The van der Waals surface area contributed by atoms with E-state index in [9.17, 15) is 14.9 Å². The van der Waals surface area contributed by atoms with Crippen LogP contribution in [0.1, 0.15) is 24.8 Å². The Morgan fingerprint density at radius 3 is 2.90 bits per heavy atom. The molecule has 0 spiro atoms. The highest BCUT2D eigenvalue weighted by Gasteiger charge is 2.23. The number of nitrogens with one attached hydrogen (secondary N) is 2. The highest BCUT2D eigenvalue weighted by Crippen LogP contribution is 2.30. The molecule has 1 saturated carbocycles. The predicted octanol–water partition coefficient (Wildman–Crippen LogP) is 2.14. The predicted molar refractivity (Wildman–Crippen MR) is 77.6 cm³/mol. The molecule has 1 amide bonds. The van der Waals surface area contributed by atoms with Crippen molar-refractivity contribution in [2.75, 3.05) is 11.9 Å². The van der Waals surface area contributed by atoms with Gasteiger partial charge in [0.15, 0.2) is 0 Å². The van der Waals surface area contributed by atoms with Crippen LogP contribution in [-0.4, -0.2) is 28.4 Å². The monoisotopic (exact) mass is 342 g/mol. The lowest BCUT2D eigenvalue weighted by Crippen LogP contribution is -2.27. The van der Waals surface area contributed by atoms with Gasteiger partial charge in [-0.1, -0.05) is 0 Å². The second-order valence-corrected chi connectivity index (χ2v) is 5.50. The second kappa shape index (κ2) is 6.17. The van der Waals surface area contributed by atoms with E-state index in [1.807, 2.05) is 0 Å². The molecule has 0 aromatic carbocycles. The van der Waals surface area contributed by atoms with Gasteiger partial charge >= 0.3 is 0 Å². The maximum atomic E-state index is 11.5. The van der Waals surface area contributed by atoms with E-state index >= 15 is 0 Å². The normalized spacial score (nSPS) is 13.9. The average Bonchev–Trinajstić information content (AvgIpc) is 3.18. The van der Waals surface area contributed by atoms with Gasteiger partial charge in [-0.2, -0.15) is 0 Å². The Morgan fingerprint density at radius 2 is 2.30 bits per heavy atom. The Kier molecular flexibility index (Phi) is 4.53. The zero-order valence-corrected chi connectivity index (χ0v) is 12.6. The molecule has 0 atom stereocenters. The summed E-state index contributed by atoms with van der Waals surface area (Å²) in [4.78, 5) is 25.8. The number of aromatic nitrogens is 1. The molecule has 1 aliphatic rings. The summed E-state index contributed by atoms with van der Waals surface area (Å²) in [5.41, 5.74) is 0.476. The number of amides is 1. The van der Waals surface area contributed by atoms with E-state index in [2.05, 4.69) is 31.5 Å². The van der Waals surface area contributed by atoms with Gasteiger partial charge in [-0.15, -0.1) is 0 Å². The van der Waals surface area contributed by atoms with E-state index in [0.717, 1.165) is 12.8 Å². The summed E-state index contributed by atoms with van der Waals surface area (Å²) in [5.74, 6) is 0.516. The maximum absolute atomic E-state index is 11.5. The molecule has 1 heterocycles. The van der Waals surface area contributed by atoms with E-state index in [0.29, 0.717) is 34.9 Å². The summed E-state index contributed by atoms with van der Waals surface area (Å²) >= 11 is 3.29. The van der Waals surface area contributed by atoms with Crippen molar-refractivity contribution >= 4 is 33.3 Å². The van der Waals surface area contributed by atoms with Gasteiger partial charge in [-0.3, -0.25) is 14.9 Å². The fourth-order valence-electron chi connectivity index (χ4n) is 1.70. The van der Waals surface area contributed by atoms with Crippen LogP contribution in [0.3, 0.4) is 0 Å². The molecule has 1 aliphatic carbocycles. The summed E-state index contributed by atoms with van der Waals surface area (Å²) in [6.45, 7) is 2.08. The quantitative estimate of drug-likeness (QED) is 0.609. The first-order valence-electron chi connectivity index (χ1n) is 6.31. The van der Waals surface area contributed by atoms with Crippen molar-refractivity contribution in [1.82, 2.24) is 10.3 Å². The van der Waals surface area contributed by atoms with E-state index < -0.39 is 4.92 Å². The molecule has 1 aromatic heterocycles. The first kappa shape index (κ1) is 14.7. The minimum atomic E-state index is -0.472. The number of hydrogen-bond donors (Lipinski definition) is 2. The first-order chi connectivity index (χ1) is 9.49. The van der Waals surface area contributed by atoms with Crippen molar-refractivity contribution in [3.8, 4) is 0 Å². The molecular weight excluding hydrogens is 328 g/mol. The molecule has 1 fully saturated rings. The van der Waals surface area contributed by atoms with Crippen LogP contribution in [0.4, 0.5) is 11.5 Å². The molecule has 0 bridgehead atoms. The van der Waals surface area contributed by atoms with Crippen molar-refractivity contribution in [3.05, 3.63) is 26.3 Å². The Morgan fingerprint density at radius 1 is 1.60 bits per heavy atom. The maximum Gasteiger partial charge on any atom is 0.291 e. The Balaban J connectivity index is 1.90. The third-order valence-electron chi connectivity index (χ3n) is 3.02. The number of nitrogens with zero attached hydrogens (tertiary/aromatic N) is 2. The largest absolute Gasteiger partial charge is 0.369 e. The molecule has 2 N–H and O–H groups in total. The smallest absolute Gasteiger partial charge is 0.291 e. The van der Waals surface area contributed by atoms with Gasteiger partial charge in [0.25, 0.3) is 5.69 Å². The van der Waals surface area contributed by atoms with Crippen molar-refractivity contribution < 1.29 is 9.72 Å². The Hall–Kier alpha value is -1.70. The van der Waals surface area contributed by atoms with E-state index in [1.54, 1.807) is 6.92 Å². The minimum Gasteiger partial charge on any atom is -0.369 e. The van der Waals surface area contributed by atoms with Crippen LogP contribution in [0.2, 0.25) is 0 Å². The number of anilines is 1. The van der Waals surface area contributed by atoms with Gasteiger partial charge in [0.2, 0.25) is 5.91 Å². The molecule has 7 nitrogen and oxygen atoms in total. The molecule has 0 saturated heterocycles. The number of carbonyl (C=O) groups is 1. The van der Waals surface area contributed by atoms with Crippen molar-refractivity contribution in [3.63, 3.8) is 0 Å². The molecule has 1 aromatic rings. The average molecular weight is 343 g/mol. The molecule has 0 unspecified atom stereocenters. The number of halogens is 1. The van der Waals surface area contributed by atoms with Crippen LogP contribution in [0.5, 0.6) is 0 Å². The number of hydrogen-bond acceptors (Lipinski definition) is 5. The van der Waals surface area contributed by atoms with Gasteiger partial charge < -0.3 is 10.6 Å². The van der Waals surface area contributed by atoms with Crippen LogP contribution < -0.4 is 10.6 Å². The topological polar surface area (TPSA) is 97.2 Å². The summed E-state index contributed by atoms with van der Waals surface area (Å²) < 4.78 is 0.550. The van der Waals surface area contributed by atoms with Crippen LogP contribution in [0.15, 0.2) is 10.7 Å². The van der Waals surface area contributed by atoms with Crippen LogP contribution in [-0.2, 0) is 4.79 Å². The summed E-state index contributed by atoms with van der Waals surface area (Å²) in [6, 6.07) is 0.356. The molecule has 20 heavy (non-hydrogen) atoms. The van der Waals surface area contributed by atoms with Gasteiger partial charge in [-0.05, 0) is 35.7 Å². The third-order valence-corrected chi connectivity index (χ3v) is 3.99. The lowest BCUT2D eigenvalue weighted by Gasteiger charge is -2.09. The van der Waals surface area contributed by atoms with Crippen LogP contribution in [0.25, 0.3) is 0 Å². The molecule has 0 radical (unpaired) electrons. The van der Waals surface area contributed by atoms with Gasteiger partial charge in [-0.25, -0.2) is 4.98 Å². The van der Waals surface area contributed by atoms with Crippen molar-refractivity contribution in [1.29, 1.82) is 0 Å². The number of carbonyl (C=O) groups excluding carboxylic acids is 1. The number of pyridine rings is 1. The van der Waals surface area contributed by atoms with Gasteiger partial charge in [0.05, 0.1) is 9.40 Å². The summed E-state index contributed by atoms with van der Waals surface area (Å²) in [7, 11) is 0. The molecular formula is C12H15BrN4O3. The van der Waals surface area contributed by atoms with E-state index in [4.69, 9.17) is 0 Å². The Bertz CT molecular complexity index is 546. The molecule has 108 valence electrons. The third kappa shape index (κ3) is 3.66. The van der Waals surface area contributed by atoms with Crippen molar-refractivity contribution in [2.45, 2.75) is 32.2 Å². The van der Waals surface area contributed by atoms with E-state index in [-0.39, 0.29) is 11.6 Å². The van der Waals surface area contributed by atoms with Gasteiger partial charge in [0.1, 0.15) is 12.0 Å². The van der Waals surface area contributed by atoms with Crippen molar-refractivity contribution in [2.24, 2.45) is 0 Å². The number of nitro groups is 1. The first-order valence-corrected chi connectivity index (χ1v) is 7.11. The molecule has 0 aliphatic heterocycles. The van der Waals surface area contributed by atoms with Gasteiger partial charge in [0, 0.05) is 24.6 Å². The van der Waals surface area contributed by atoms with E-state index in [1.165, 1.54) is 6.20 Å². The highest BCUT2D eigenvalue weighted by atomic mass is 79.9. The lowest BCUT2D eigenvalue weighted by atomic mass is 10.2. The second-order valence-electron chi connectivity index (χ2n) is 4.71. The lowest BCUT2D eigenvalue weighted by molar-refractivity contribution is -0.385. The summed E-state index contributed by atoms with van der Waals surface area (Å²) in [5, 5.41) is 16.7. The molecule has 2 rings (SSSR count). The zero-order valence-electron chi connectivity index (χ0n) is 11.0. The zero-order chi connectivity index (χ0) is 14.7. The molecule has 8 heteroatoms. The highest BCUT2D eigenvalue weighted by molar-refractivity contribution is 9.10. The Labute approximate surface area is 124 Å². The number of rotatable bonds is 6. The standard InChI is InChI=1S/C12H15BrN4O3/c1-7-9(17(19)20)6-15-12(11(7)13)14-5-4-10(18)16-8-2-3-8/h6,8H,2-5H2,1H3,(H,14,15)(H,16,18). The fraction of sp³-hybridized carbons (Fsp3) is 0.500. The van der Waals surface area contributed by atoms with Crippen LogP contribution in [0, 0.1) is 17.0 Å². The fourth-order valence-corrected chi connectivity index (χ4v) is 2.14. The minimum absolute atomic E-state index is 0.00903. The SMILES string of the molecule is Cc1c([N+](=O)[O-])cnc(NCCC(=O)NC2CC2)c1Br. The summed E-state index contributed by atoms with van der Waals surface area (Å²) in [6.07, 6.45) is 3.69.